The van der Waals surface area contributed by atoms with Crippen LogP contribution >= 0.6 is 0 Å². The Morgan fingerprint density at radius 2 is 1.80 bits per heavy atom. The smallest absolute Gasteiger partial charge is 0.305 e. The predicted molar refractivity (Wildman–Crippen MR) is 115 cm³/mol. The van der Waals surface area contributed by atoms with E-state index in [0.717, 1.165) is 6.42 Å². The van der Waals surface area contributed by atoms with Crippen LogP contribution in [-0.4, -0.2) is 43.8 Å². The number of carbonyl (C=O) groups is 1. The zero-order valence-electron chi connectivity index (χ0n) is 17.3. The molecular formula is C22H25N3O4S. The van der Waals surface area contributed by atoms with Crippen LogP contribution in [0.3, 0.4) is 0 Å². The molecule has 4 rings (SSSR count). The Labute approximate surface area is 176 Å². The summed E-state index contributed by atoms with van der Waals surface area (Å²) in [6.45, 7) is 5.11. The van der Waals surface area contributed by atoms with E-state index in [1.165, 1.54) is 21.3 Å². The van der Waals surface area contributed by atoms with Crippen LogP contribution in [0.1, 0.15) is 30.6 Å². The number of nitrogens with zero attached hydrogens (tertiary/aromatic N) is 3. The molecule has 1 amide bonds. The fourth-order valence-electron chi connectivity index (χ4n) is 4.02. The van der Waals surface area contributed by atoms with E-state index in [9.17, 15) is 13.2 Å². The van der Waals surface area contributed by atoms with Gasteiger partial charge < -0.3 is 4.42 Å². The highest BCUT2D eigenvalue weighted by atomic mass is 32.2. The molecule has 1 fully saturated rings. The van der Waals surface area contributed by atoms with Crippen molar-refractivity contribution in [2.75, 3.05) is 25.0 Å². The number of oxazole rings is 1. The van der Waals surface area contributed by atoms with Gasteiger partial charge in [-0.3, -0.25) is 9.69 Å². The predicted octanol–water partition coefficient (Wildman–Crippen LogP) is 3.77. The van der Waals surface area contributed by atoms with Crippen LogP contribution in [0.2, 0.25) is 0 Å². The second-order valence-corrected chi connectivity index (χ2v) is 10.1. The Morgan fingerprint density at radius 3 is 2.50 bits per heavy atom. The lowest BCUT2D eigenvalue weighted by molar-refractivity contribution is 0.0988. The first-order valence-corrected chi connectivity index (χ1v) is 11.4. The van der Waals surface area contributed by atoms with E-state index in [1.54, 1.807) is 31.3 Å². The Hall–Kier alpha value is -2.71. The molecule has 0 radical (unpaired) electrons. The monoisotopic (exact) mass is 427 g/mol. The third kappa shape index (κ3) is 3.85. The van der Waals surface area contributed by atoms with Gasteiger partial charge in [0.1, 0.15) is 5.52 Å². The lowest BCUT2D eigenvalue weighted by Gasteiger charge is -2.34. The van der Waals surface area contributed by atoms with Gasteiger partial charge in [-0.25, -0.2) is 8.42 Å². The van der Waals surface area contributed by atoms with Gasteiger partial charge in [0.25, 0.3) is 5.91 Å². The number of hydrogen-bond donors (Lipinski definition) is 0. The summed E-state index contributed by atoms with van der Waals surface area (Å²) >= 11 is 0. The Balaban J connectivity index is 1.61. The maximum Gasteiger partial charge on any atom is 0.305 e. The number of anilines is 1. The lowest BCUT2D eigenvalue weighted by Crippen LogP contribution is -2.42. The number of carbonyl (C=O) groups excluding carboxylic acids is 1. The highest BCUT2D eigenvalue weighted by Crippen LogP contribution is 2.28. The number of hydrogen-bond acceptors (Lipinski definition) is 5. The summed E-state index contributed by atoms with van der Waals surface area (Å²) in [5.74, 6) is 0.219. The topological polar surface area (TPSA) is 83.7 Å². The highest BCUT2D eigenvalue weighted by molar-refractivity contribution is 7.89. The number of para-hydroxylation sites is 2. The SMILES string of the molecule is CC1CC(C)CN(S(=O)(=O)c2cccc(C(=O)N(C)c3nc4ccccc4o3)c2)C1. The van der Waals surface area contributed by atoms with Crippen molar-refractivity contribution >= 4 is 33.0 Å². The Morgan fingerprint density at radius 1 is 1.10 bits per heavy atom. The van der Waals surface area contributed by atoms with Crippen molar-refractivity contribution in [3.8, 4) is 0 Å². The quantitative estimate of drug-likeness (QED) is 0.633. The summed E-state index contributed by atoms with van der Waals surface area (Å²) in [5, 5.41) is 0. The molecule has 0 N–H and O–H groups in total. The molecule has 1 aromatic heterocycles. The second kappa shape index (κ2) is 7.85. The standard InChI is InChI=1S/C22H25N3O4S/c1-15-11-16(2)14-25(13-15)30(27,28)18-8-6-7-17(12-18)21(26)24(3)22-23-19-9-4-5-10-20(19)29-22/h4-10,12,15-16H,11,13-14H2,1-3H3. The van der Waals surface area contributed by atoms with Crippen molar-refractivity contribution in [2.45, 2.75) is 25.2 Å². The van der Waals surface area contributed by atoms with Crippen molar-refractivity contribution in [2.24, 2.45) is 11.8 Å². The van der Waals surface area contributed by atoms with Crippen LogP contribution in [0.25, 0.3) is 11.1 Å². The Bertz CT molecular complexity index is 1140. The van der Waals surface area contributed by atoms with Gasteiger partial charge in [0.2, 0.25) is 10.0 Å². The number of fused-ring (bicyclic) bond motifs is 1. The number of benzene rings is 2. The Kier molecular flexibility index (Phi) is 5.38. The van der Waals surface area contributed by atoms with E-state index in [4.69, 9.17) is 4.42 Å². The van der Waals surface area contributed by atoms with Crippen molar-refractivity contribution in [3.05, 3.63) is 54.1 Å². The minimum atomic E-state index is -3.67. The summed E-state index contributed by atoms with van der Waals surface area (Å²) in [4.78, 5) is 18.7. The van der Waals surface area contributed by atoms with Crippen LogP contribution in [-0.2, 0) is 10.0 Å². The van der Waals surface area contributed by atoms with Gasteiger partial charge in [-0.15, -0.1) is 0 Å². The third-order valence-electron chi connectivity index (χ3n) is 5.43. The van der Waals surface area contributed by atoms with Gasteiger partial charge in [0.15, 0.2) is 5.58 Å². The number of sulfonamides is 1. The van der Waals surface area contributed by atoms with E-state index in [2.05, 4.69) is 18.8 Å². The van der Waals surface area contributed by atoms with E-state index < -0.39 is 10.0 Å². The van der Waals surface area contributed by atoms with Crippen LogP contribution < -0.4 is 4.90 Å². The molecule has 30 heavy (non-hydrogen) atoms. The fraction of sp³-hybridized carbons (Fsp3) is 0.364. The minimum absolute atomic E-state index is 0.126. The number of rotatable bonds is 4. The molecule has 0 aliphatic carbocycles. The normalized spacial score (nSPS) is 20.4. The first-order chi connectivity index (χ1) is 14.3. The zero-order valence-corrected chi connectivity index (χ0v) is 18.1. The number of piperidine rings is 1. The van der Waals surface area contributed by atoms with Crippen molar-refractivity contribution in [1.82, 2.24) is 9.29 Å². The van der Waals surface area contributed by atoms with E-state index in [0.29, 0.717) is 36.0 Å². The molecule has 2 unspecified atom stereocenters. The van der Waals surface area contributed by atoms with Crippen molar-refractivity contribution in [3.63, 3.8) is 0 Å². The summed E-state index contributed by atoms with van der Waals surface area (Å²) in [5.41, 5.74) is 1.49. The summed E-state index contributed by atoms with van der Waals surface area (Å²) in [6, 6.07) is 13.6. The van der Waals surface area contributed by atoms with Gasteiger partial charge in [0, 0.05) is 25.7 Å². The minimum Gasteiger partial charge on any atom is -0.423 e. The fourth-order valence-corrected chi connectivity index (χ4v) is 5.75. The van der Waals surface area contributed by atoms with Crippen LogP contribution in [0, 0.1) is 11.8 Å². The largest absolute Gasteiger partial charge is 0.423 e. The van der Waals surface area contributed by atoms with E-state index in [1.807, 2.05) is 12.1 Å². The molecule has 2 heterocycles. The van der Waals surface area contributed by atoms with Gasteiger partial charge in [0.05, 0.1) is 4.90 Å². The molecular weight excluding hydrogens is 402 g/mol. The van der Waals surface area contributed by atoms with Gasteiger partial charge in [-0.05, 0) is 48.6 Å². The molecule has 1 saturated heterocycles. The molecule has 2 atom stereocenters. The van der Waals surface area contributed by atoms with Crippen LogP contribution in [0.5, 0.6) is 0 Å². The molecule has 0 saturated carbocycles. The average molecular weight is 428 g/mol. The molecule has 2 aromatic carbocycles. The summed E-state index contributed by atoms with van der Waals surface area (Å²) in [7, 11) is -2.11. The molecule has 1 aliphatic rings. The zero-order chi connectivity index (χ0) is 21.5. The molecule has 8 heteroatoms. The van der Waals surface area contributed by atoms with E-state index in [-0.39, 0.29) is 22.4 Å². The second-order valence-electron chi connectivity index (χ2n) is 8.12. The van der Waals surface area contributed by atoms with Crippen LogP contribution in [0.4, 0.5) is 6.01 Å². The maximum absolute atomic E-state index is 13.2. The molecule has 158 valence electrons. The first-order valence-electron chi connectivity index (χ1n) is 9.99. The summed E-state index contributed by atoms with van der Waals surface area (Å²) < 4.78 is 33.5. The van der Waals surface area contributed by atoms with Crippen LogP contribution in [0.15, 0.2) is 57.8 Å². The molecule has 0 spiro atoms. The number of aromatic nitrogens is 1. The van der Waals surface area contributed by atoms with Crippen molar-refractivity contribution < 1.29 is 17.6 Å². The highest BCUT2D eigenvalue weighted by Gasteiger charge is 2.32. The average Bonchev–Trinajstić information content (AvgIpc) is 3.16. The molecule has 1 aliphatic heterocycles. The molecule has 7 nitrogen and oxygen atoms in total. The third-order valence-corrected chi connectivity index (χ3v) is 7.26. The first kappa shape index (κ1) is 20.6. The molecule has 3 aromatic rings. The number of amides is 1. The van der Waals surface area contributed by atoms with Gasteiger partial charge >= 0.3 is 6.01 Å². The maximum atomic E-state index is 13.2. The van der Waals surface area contributed by atoms with Gasteiger partial charge in [-0.2, -0.15) is 9.29 Å². The van der Waals surface area contributed by atoms with Gasteiger partial charge in [-0.1, -0.05) is 32.0 Å². The van der Waals surface area contributed by atoms with E-state index >= 15 is 0 Å². The summed E-state index contributed by atoms with van der Waals surface area (Å²) in [6.07, 6.45) is 1.01. The molecule has 0 bridgehead atoms. The van der Waals surface area contributed by atoms with Crippen molar-refractivity contribution in [1.29, 1.82) is 0 Å². The lowest BCUT2D eigenvalue weighted by atomic mass is 9.94.